The molecule has 0 amide bonds. The third-order valence-corrected chi connectivity index (χ3v) is 5.60. The third kappa shape index (κ3) is 4.05. The smallest absolute Gasteiger partial charge is 0.216 e. The van der Waals surface area contributed by atoms with Crippen molar-refractivity contribution in [2.45, 2.75) is 18.9 Å². The topological polar surface area (TPSA) is 108 Å². The van der Waals surface area contributed by atoms with E-state index in [-0.39, 0.29) is 17.7 Å². The largest absolute Gasteiger partial charge is 0.409 e. The summed E-state index contributed by atoms with van der Waals surface area (Å²) in [5, 5.41) is 11.4. The number of piperazine rings is 1. The van der Waals surface area contributed by atoms with Gasteiger partial charge in [0, 0.05) is 32.8 Å². The molecule has 1 unspecified atom stereocenters. The maximum Gasteiger partial charge on any atom is 0.216 e. The van der Waals surface area contributed by atoms with Crippen molar-refractivity contribution in [1.82, 2.24) is 9.21 Å². The van der Waals surface area contributed by atoms with Gasteiger partial charge < -0.3 is 15.7 Å². The van der Waals surface area contributed by atoms with E-state index >= 15 is 0 Å². The molecule has 8 nitrogen and oxygen atoms in total. The van der Waals surface area contributed by atoms with Crippen LogP contribution in [0.3, 0.4) is 0 Å². The highest BCUT2D eigenvalue weighted by Crippen LogP contribution is 2.17. The van der Waals surface area contributed by atoms with E-state index in [4.69, 9.17) is 15.7 Å². The molecule has 0 spiro atoms. The minimum absolute atomic E-state index is 0.0766. The molecular formula is C11H22N4O4S. The van der Waals surface area contributed by atoms with E-state index in [1.165, 1.54) is 4.31 Å². The zero-order valence-corrected chi connectivity index (χ0v) is 12.3. The van der Waals surface area contributed by atoms with Crippen molar-refractivity contribution in [1.29, 1.82) is 0 Å². The molecule has 0 aromatic heterocycles. The average molecular weight is 306 g/mol. The maximum atomic E-state index is 12.3. The molecule has 2 heterocycles. The van der Waals surface area contributed by atoms with Gasteiger partial charge in [-0.05, 0) is 12.8 Å². The van der Waals surface area contributed by atoms with Crippen LogP contribution in [-0.2, 0) is 14.8 Å². The van der Waals surface area contributed by atoms with Gasteiger partial charge >= 0.3 is 0 Å². The fraction of sp³-hybridized carbons (Fsp3) is 0.909. The first-order valence-electron chi connectivity index (χ1n) is 6.79. The summed E-state index contributed by atoms with van der Waals surface area (Å²) < 4.78 is 31.4. The lowest BCUT2D eigenvalue weighted by atomic mass is 10.3. The number of sulfonamides is 1. The van der Waals surface area contributed by atoms with E-state index in [2.05, 4.69) is 5.16 Å². The molecule has 2 aliphatic rings. The number of nitrogens with zero attached hydrogens (tertiary/aromatic N) is 3. The highest BCUT2D eigenvalue weighted by atomic mass is 32.2. The van der Waals surface area contributed by atoms with Crippen LogP contribution in [0.4, 0.5) is 0 Å². The van der Waals surface area contributed by atoms with Crippen molar-refractivity contribution in [2.75, 3.05) is 45.1 Å². The molecule has 0 aliphatic carbocycles. The summed E-state index contributed by atoms with van der Waals surface area (Å²) in [5.41, 5.74) is 5.44. The van der Waals surface area contributed by atoms with Crippen LogP contribution in [0.15, 0.2) is 5.16 Å². The molecule has 3 N–H and O–H groups in total. The van der Waals surface area contributed by atoms with E-state index < -0.39 is 10.0 Å². The minimum atomic E-state index is -3.25. The maximum absolute atomic E-state index is 12.3. The molecule has 0 aromatic rings. The highest BCUT2D eigenvalue weighted by molar-refractivity contribution is 7.89. The average Bonchev–Trinajstić information content (AvgIpc) is 2.91. The number of hydrogen-bond acceptors (Lipinski definition) is 6. The van der Waals surface area contributed by atoms with Crippen LogP contribution >= 0.6 is 0 Å². The van der Waals surface area contributed by atoms with E-state index in [0.717, 1.165) is 12.8 Å². The molecule has 0 aromatic carbocycles. The Morgan fingerprint density at radius 3 is 2.60 bits per heavy atom. The van der Waals surface area contributed by atoms with Crippen LogP contribution in [-0.4, -0.2) is 79.9 Å². The number of rotatable bonds is 5. The van der Waals surface area contributed by atoms with Crippen LogP contribution < -0.4 is 5.73 Å². The number of hydrogen-bond donors (Lipinski definition) is 2. The number of oxime groups is 1. The first kappa shape index (κ1) is 15.5. The number of ether oxygens (including phenoxy) is 1. The van der Waals surface area contributed by atoms with Crippen LogP contribution in [0, 0.1) is 0 Å². The fourth-order valence-electron chi connectivity index (χ4n) is 2.54. The van der Waals surface area contributed by atoms with Crippen molar-refractivity contribution in [3.63, 3.8) is 0 Å². The number of nitrogens with two attached hydrogens (primary N) is 1. The predicted molar refractivity (Wildman–Crippen MR) is 74.2 cm³/mol. The van der Waals surface area contributed by atoms with Crippen molar-refractivity contribution >= 4 is 15.9 Å². The molecule has 2 rings (SSSR count). The Bertz CT molecular complexity index is 439. The van der Waals surface area contributed by atoms with E-state index in [1.54, 1.807) is 0 Å². The summed E-state index contributed by atoms with van der Waals surface area (Å²) in [6.45, 7) is 3.06. The van der Waals surface area contributed by atoms with E-state index in [0.29, 0.717) is 39.3 Å². The summed E-state index contributed by atoms with van der Waals surface area (Å²) in [6, 6.07) is 0. The van der Waals surface area contributed by atoms with Crippen molar-refractivity contribution in [2.24, 2.45) is 10.9 Å². The lowest BCUT2D eigenvalue weighted by Gasteiger charge is -2.34. The molecule has 2 aliphatic heterocycles. The quantitative estimate of drug-likeness (QED) is 0.288. The zero-order chi connectivity index (χ0) is 14.6. The van der Waals surface area contributed by atoms with Gasteiger partial charge in [-0.25, -0.2) is 8.42 Å². The van der Waals surface area contributed by atoms with Gasteiger partial charge in [-0.1, -0.05) is 5.16 Å². The molecule has 1 atom stereocenters. The lowest BCUT2D eigenvalue weighted by Crippen LogP contribution is -2.51. The number of amidine groups is 1. The summed E-state index contributed by atoms with van der Waals surface area (Å²) in [6.07, 6.45) is 1.60. The van der Waals surface area contributed by atoms with Crippen LogP contribution in [0.2, 0.25) is 0 Å². The van der Waals surface area contributed by atoms with Gasteiger partial charge in [0.15, 0.2) is 5.84 Å². The highest BCUT2D eigenvalue weighted by Gasteiger charge is 2.31. The van der Waals surface area contributed by atoms with Gasteiger partial charge in [0.2, 0.25) is 10.0 Å². The van der Waals surface area contributed by atoms with Crippen LogP contribution in [0.1, 0.15) is 12.8 Å². The Morgan fingerprint density at radius 1 is 1.35 bits per heavy atom. The molecule has 9 heteroatoms. The fourth-order valence-corrected chi connectivity index (χ4v) is 4.21. The first-order valence-corrected chi connectivity index (χ1v) is 8.40. The first-order chi connectivity index (χ1) is 9.51. The van der Waals surface area contributed by atoms with Gasteiger partial charge in [0.1, 0.15) is 0 Å². The Hall–Kier alpha value is -0.900. The molecule has 0 radical (unpaired) electrons. The van der Waals surface area contributed by atoms with Crippen molar-refractivity contribution in [3.8, 4) is 0 Å². The molecule has 2 fully saturated rings. The second-order valence-electron chi connectivity index (χ2n) is 5.18. The molecule has 20 heavy (non-hydrogen) atoms. The Labute approximate surface area is 119 Å². The van der Waals surface area contributed by atoms with E-state index in [1.807, 2.05) is 4.90 Å². The van der Waals surface area contributed by atoms with Crippen molar-refractivity contribution in [3.05, 3.63) is 0 Å². The van der Waals surface area contributed by atoms with Gasteiger partial charge in [-0.2, -0.15) is 4.31 Å². The van der Waals surface area contributed by atoms with Crippen LogP contribution in [0.5, 0.6) is 0 Å². The Balaban J connectivity index is 1.83. The van der Waals surface area contributed by atoms with Crippen LogP contribution in [0.25, 0.3) is 0 Å². The summed E-state index contributed by atoms with van der Waals surface area (Å²) in [4.78, 5) is 1.97. The molecule has 0 saturated carbocycles. The minimum Gasteiger partial charge on any atom is -0.409 e. The standard InChI is InChI=1S/C11H22N4O4S/c12-11(13-16)8-14-3-5-15(6-4-14)20(17,18)9-10-2-1-7-19-10/h10,16H,1-9H2,(H2,12,13). The zero-order valence-electron chi connectivity index (χ0n) is 11.4. The Kier molecular flexibility index (Phi) is 5.19. The van der Waals surface area contributed by atoms with Crippen molar-refractivity contribution < 1.29 is 18.4 Å². The predicted octanol–water partition coefficient (Wildman–Crippen LogP) is -1.14. The van der Waals surface area contributed by atoms with Gasteiger partial charge in [-0.15, -0.1) is 0 Å². The van der Waals surface area contributed by atoms with Gasteiger partial charge in [-0.3, -0.25) is 4.90 Å². The monoisotopic (exact) mass is 306 g/mol. The SMILES string of the molecule is NC(CN1CCN(S(=O)(=O)CC2CCCO2)CC1)=NO. The summed E-state index contributed by atoms with van der Waals surface area (Å²) in [7, 11) is -3.25. The van der Waals surface area contributed by atoms with Gasteiger partial charge in [0.25, 0.3) is 0 Å². The second kappa shape index (κ2) is 6.70. The molecular weight excluding hydrogens is 284 g/mol. The summed E-state index contributed by atoms with van der Waals surface area (Å²) in [5.74, 6) is 0.216. The molecule has 2 saturated heterocycles. The van der Waals surface area contributed by atoms with Gasteiger partial charge in [0.05, 0.1) is 18.4 Å². The lowest BCUT2D eigenvalue weighted by molar-refractivity contribution is 0.125. The third-order valence-electron chi connectivity index (χ3n) is 3.66. The van der Waals surface area contributed by atoms with E-state index in [9.17, 15) is 8.42 Å². The molecule has 0 bridgehead atoms. The molecule has 116 valence electrons. The summed E-state index contributed by atoms with van der Waals surface area (Å²) >= 11 is 0. The normalized spacial score (nSPS) is 27.0. The Morgan fingerprint density at radius 2 is 2.05 bits per heavy atom. The second-order valence-corrected chi connectivity index (χ2v) is 7.19.